The molecule has 0 bridgehead atoms. The quantitative estimate of drug-likeness (QED) is 0.118. The zero-order valence-electron chi connectivity index (χ0n) is 18.6. The number of thioether (sulfide) groups is 1. The van der Waals surface area contributed by atoms with Gasteiger partial charge in [-0.3, -0.25) is 24.6 Å². The highest BCUT2D eigenvalue weighted by Gasteiger charge is 2.36. The predicted octanol–water partition coefficient (Wildman–Crippen LogP) is 8.20. The summed E-state index contributed by atoms with van der Waals surface area (Å²) in [7, 11) is 0. The summed E-state index contributed by atoms with van der Waals surface area (Å²) in [4.78, 5) is 36.9. The highest BCUT2D eigenvalue weighted by molar-refractivity contribution is 9.10. The molecule has 1 fully saturated rings. The Labute approximate surface area is 229 Å². The van der Waals surface area contributed by atoms with Crippen molar-refractivity contribution in [2.45, 2.75) is 12.7 Å². The first-order valence-corrected chi connectivity index (χ1v) is 12.3. The molecule has 3 aromatic rings. The van der Waals surface area contributed by atoms with E-state index in [-0.39, 0.29) is 27.8 Å². The molecular weight excluding hydrogens is 620 g/mol. The Bertz CT molecular complexity index is 1520. The Morgan fingerprint density at radius 1 is 1.08 bits per heavy atom. The number of hydrogen-bond acceptors (Lipinski definition) is 6. The van der Waals surface area contributed by atoms with Crippen molar-refractivity contribution in [2.24, 2.45) is 0 Å². The zero-order chi connectivity index (χ0) is 27.8. The molecule has 4 rings (SSSR count). The second kappa shape index (κ2) is 10.8. The van der Waals surface area contributed by atoms with Crippen LogP contribution in [0.1, 0.15) is 16.7 Å². The van der Waals surface area contributed by atoms with E-state index in [0.29, 0.717) is 33.9 Å². The van der Waals surface area contributed by atoms with Crippen LogP contribution in [0.25, 0.3) is 6.08 Å². The third-order valence-electron chi connectivity index (χ3n) is 5.18. The average molecular weight is 632 g/mol. The number of imide groups is 1. The molecule has 196 valence electrons. The van der Waals surface area contributed by atoms with Gasteiger partial charge in [-0.25, -0.2) is 4.39 Å². The summed E-state index contributed by atoms with van der Waals surface area (Å²) in [6.45, 7) is -0.208. The van der Waals surface area contributed by atoms with E-state index in [1.807, 2.05) is 0 Å². The Kier molecular flexibility index (Phi) is 7.81. The second-order valence-electron chi connectivity index (χ2n) is 7.73. The van der Waals surface area contributed by atoms with Gasteiger partial charge in [0, 0.05) is 21.1 Å². The number of ether oxygens (including phenoxy) is 1. The van der Waals surface area contributed by atoms with E-state index in [9.17, 15) is 37.3 Å². The number of carbonyl (C=O) groups is 2. The van der Waals surface area contributed by atoms with Crippen molar-refractivity contribution in [1.29, 1.82) is 0 Å². The third kappa shape index (κ3) is 6.00. The fraction of sp³-hybridized carbons (Fsp3) is 0.0833. The first-order chi connectivity index (χ1) is 17.8. The molecule has 0 aromatic heterocycles. The summed E-state index contributed by atoms with van der Waals surface area (Å²) in [5.74, 6) is -1.74. The number of benzene rings is 3. The Morgan fingerprint density at radius 2 is 1.79 bits per heavy atom. The smallest absolute Gasteiger partial charge is 0.416 e. The van der Waals surface area contributed by atoms with Crippen LogP contribution < -0.4 is 4.74 Å². The number of halogens is 6. The molecule has 0 unspecified atom stereocenters. The van der Waals surface area contributed by atoms with Crippen LogP contribution in [0, 0.1) is 15.9 Å². The van der Waals surface area contributed by atoms with E-state index in [4.69, 9.17) is 16.3 Å². The Hall–Kier alpha value is -3.42. The van der Waals surface area contributed by atoms with Gasteiger partial charge in [0.1, 0.15) is 11.6 Å². The molecule has 2 amide bonds. The lowest BCUT2D eigenvalue weighted by atomic mass is 10.1. The molecular formula is C24H12BrClF4N2O5S. The summed E-state index contributed by atoms with van der Waals surface area (Å²) in [6, 6.07) is 9.78. The third-order valence-corrected chi connectivity index (χ3v) is 6.93. The fourth-order valence-corrected chi connectivity index (χ4v) is 4.80. The average Bonchev–Trinajstić information content (AvgIpc) is 3.09. The predicted molar refractivity (Wildman–Crippen MR) is 135 cm³/mol. The molecule has 0 saturated carbocycles. The van der Waals surface area contributed by atoms with E-state index in [0.717, 1.165) is 23.1 Å². The second-order valence-corrected chi connectivity index (χ2v) is 10.0. The van der Waals surface area contributed by atoms with Crippen molar-refractivity contribution in [3.63, 3.8) is 0 Å². The largest absolute Gasteiger partial charge is 0.449 e. The van der Waals surface area contributed by atoms with Gasteiger partial charge in [0.15, 0.2) is 0 Å². The highest BCUT2D eigenvalue weighted by atomic mass is 79.9. The molecule has 1 aliphatic heterocycles. The van der Waals surface area contributed by atoms with E-state index in [1.165, 1.54) is 30.3 Å². The SMILES string of the molecule is O=C1S/C(=C/c2cc(Br)ccc2Oc2ccc(C(F)(F)F)cc2[N+](=O)[O-])C(=O)N1Cc1ccc(F)cc1Cl. The molecule has 14 heteroatoms. The van der Waals surface area contributed by atoms with Gasteiger partial charge in [0.05, 0.1) is 21.9 Å². The van der Waals surface area contributed by atoms with Crippen molar-refractivity contribution >= 4 is 62.2 Å². The van der Waals surface area contributed by atoms with E-state index >= 15 is 0 Å². The summed E-state index contributed by atoms with van der Waals surface area (Å²) in [6.07, 6.45) is -3.49. The molecule has 3 aromatic carbocycles. The number of nitrogens with zero attached hydrogens (tertiary/aromatic N) is 2. The standard InChI is InChI=1S/C24H12BrClF4N2O5S/c25-15-3-6-19(37-20-5-2-14(24(28,29)30)9-18(20)32(35)36)13(7-15)8-21-22(33)31(23(34)38-21)11-12-1-4-16(27)10-17(12)26/h1-10H,11H2/b21-8+. The number of rotatable bonds is 6. The van der Waals surface area contributed by atoms with Crippen LogP contribution in [0.4, 0.5) is 28.0 Å². The summed E-state index contributed by atoms with van der Waals surface area (Å²) in [5, 5.41) is 10.9. The van der Waals surface area contributed by atoms with Gasteiger partial charge in [0.25, 0.3) is 11.1 Å². The van der Waals surface area contributed by atoms with Gasteiger partial charge in [-0.2, -0.15) is 13.2 Å². The molecule has 0 atom stereocenters. The van der Waals surface area contributed by atoms with Crippen molar-refractivity contribution < 1.29 is 36.8 Å². The van der Waals surface area contributed by atoms with Gasteiger partial charge in [-0.05, 0) is 65.9 Å². The maximum absolute atomic E-state index is 13.3. The molecule has 1 heterocycles. The van der Waals surface area contributed by atoms with E-state index in [2.05, 4.69) is 15.9 Å². The summed E-state index contributed by atoms with van der Waals surface area (Å²) < 4.78 is 58.6. The molecule has 7 nitrogen and oxygen atoms in total. The van der Waals surface area contributed by atoms with Crippen LogP contribution in [0.15, 0.2) is 64.0 Å². The van der Waals surface area contributed by atoms with Crippen LogP contribution in [-0.2, 0) is 17.5 Å². The van der Waals surface area contributed by atoms with E-state index in [1.54, 1.807) is 0 Å². The number of hydrogen-bond donors (Lipinski definition) is 0. The van der Waals surface area contributed by atoms with Crippen LogP contribution >= 0.6 is 39.3 Å². The van der Waals surface area contributed by atoms with Gasteiger partial charge >= 0.3 is 11.9 Å². The minimum Gasteiger partial charge on any atom is -0.449 e. The Morgan fingerprint density at radius 3 is 2.45 bits per heavy atom. The van der Waals surface area contributed by atoms with Crippen LogP contribution in [0.3, 0.4) is 0 Å². The lowest BCUT2D eigenvalue weighted by Gasteiger charge is -2.14. The molecule has 38 heavy (non-hydrogen) atoms. The lowest BCUT2D eigenvalue weighted by Crippen LogP contribution is -2.27. The zero-order valence-corrected chi connectivity index (χ0v) is 21.8. The van der Waals surface area contributed by atoms with Crippen molar-refractivity contribution in [3.05, 3.63) is 102 Å². The van der Waals surface area contributed by atoms with Gasteiger partial charge in [-0.1, -0.05) is 33.6 Å². The summed E-state index contributed by atoms with van der Waals surface area (Å²) >= 11 is 9.89. The van der Waals surface area contributed by atoms with E-state index < -0.39 is 45.1 Å². The van der Waals surface area contributed by atoms with Crippen LogP contribution in [-0.4, -0.2) is 21.0 Å². The first-order valence-electron chi connectivity index (χ1n) is 10.4. The van der Waals surface area contributed by atoms with Crippen molar-refractivity contribution in [1.82, 2.24) is 4.90 Å². The minimum absolute atomic E-state index is 0.0156. The topological polar surface area (TPSA) is 89.7 Å². The molecule has 1 aliphatic rings. The van der Waals surface area contributed by atoms with Gasteiger partial charge in [0.2, 0.25) is 5.75 Å². The van der Waals surface area contributed by atoms with Crippen molar-refractivity contribution in [3.8, 4) is 11.5 Å². The molecule has 1 saturated heterocycles. The summed E-state index contributed by atoms with van der Waals surface area (Å²) in [5.41, 5.74) is -1.58. The van der Waals surface area contributed by atoms with Gasteiger partial charge < -0.3 is 4.74 Å². The Balaban J connectivity index is 1.66. The number of alkyl halides is 3. The lowest BCUT2D eigenvalue weighted by molar-refractivity contribution is -0.385. The number of amides is 2. The fourth-order valence-electron chi connectivity index (χ4n) is 3.36. The minimum atomic E-state index is -4.80. The highest BCUT2D eigenvalue weighted by Crippen LogP contribution is 2.41. The normalized spacial score (nSPS) is 14.9. The molecule has 0 spiro atoms. The first kappa shape index (κ1) is 27.6. The molecule has 0 N–H and O–H groups in total. The number of carbonyl (C=O) groups excluding carboxylic acids is 2. The number of nitro groups is 1. The maximum Gasteiger partial charge on any atom is 0.416 e. The molecule has 0 radical (unpaired) electrons. The maximum atomic E-state index is 13.3. The van der Waals surface area contributed by atoms with Crippen LogP contribution in [0.5, 0.6) is 11.5 Å². The van der Waals surface area contributed by atoms with Gasteiger partial charge in [-0.15, -0.1) is 0 Å². The van der Waals surface area contributed by atoms with Crippen molar-refractivity contribution in [2.75, 3.05) is 0 Å². The monoisotopic (exact) mass is 630 g/mol. The van der Waals surface area contributed by atoms with Crippen LogP contribution in [0.2, 0.25) is 5.02 Å². The molecule has 0 aliphatic carbocycles. The number of nitro benzene ring substituents is 1.